The van der Waals surface area contributed by atoms with Crippen LogP contribution in [0, 0.1) is 0 Å². The van der Waals surface area contributed by atoms with E-state index in [0.717, 1.165) is 0 Å². The Morgan fingerprint density at radius 3 is 2.88 bits per heavy atom. The fourth-order valence-corrected chi connectivity index (χ4v) is 2.42. The SMILES string of the molecule is CC(=O)c1ccc2c(c1)N(C(C)C(=O)Nc1ncn[nH]1)C(=O)CO2. The van der Waals surface area contributed by atoms with Gasteiger partial charge < -0.3 is 4.74 Å². The second-order valence-corrected chi connectivity index (χ2v) is 5.29. The Morgan fingerprint density at radius 1 is 1.42 bits per heavy atom. The van der Waals surface area contributed by atoms with E-state index in [4.69, 9.17) is 4.74 Å². The number of hydrogen-bond donors (Lipinski definition) is 2. The van der Waals surface area contributed by atoms with Crippen molar-refractivity contribution in [3.8, 4) is 5.75 Å². The summed E-state index contributed by atoms with van der Waals surface area (Å²) >= 11 is 0. The molecule has 1 aromatic heterocycles. The molecule has 9 heteroatoms. The molecule has 2 amide bonds. The Labute approximate surface area is 137 Å². The highest BCUT2D eigenvalue weighted by atomic mass is 16.5. The smallest absolute Gasteiger partial charge is 0.265 e. The number of ketones is 1. The quantitative estimate of drug-likeness (QED) is 0.800. The van der Waals surface area contributed by atoms with E-state index in [-0.39, 0.29) is 24.2 Å². The molecule has 9 nitrogen and oxygen atoms in total. The number of fused-ring (bicyclic) bond motifs is 1. The number of ether oxygens (including phenoxy) is 1. The third-order valence-corrected chi connectivity index (χ3v) is 3.67. The van der Waals surface area contributed by atoms with Gasteiger partial charge in [-0.3, -0.25) is 24.6 Å². The molecule has 0 saturated carbocycles. The molecular formula is C15H15N5O4. The number of Topliss-reactive ketones (excluding diaryl/α,β-unsaturated/α-hetero) is 1. The van der Waals surface area contributed by atoms with Gasteiger partial charge in [-0.15, -0.1) is 0 Å². The Bertz CT molecular complexity index is 802. The molecule has 2 heterocycles. The molecule has 0 radical (unpaired) electrons. The molecule has 2 aromatic rings. The molecule has 0 fully saturated rings. The first-order valence-electron chi connectivity index (χ1n) is 7.23. The normalized spacial score (nSPS) is 14.6. The van der Waals surface area contributed by atoms with Crippen LogP contribution in [0.25, 0.3) is 0 Å². The van der Waals surface area contributed by atoms with Gasteiger partial charge >= 0.3 is 0 Å². The number of benzene rings is 1. The number of rotatable bonds is 4. The van der Waals surface area contributed by atoms with Crippen LogP contribution in [-0.4, -0.2) is 45.4 Å². The lowest BCUT2D eigenvalue weighted by atomic mass is 10.1. The summed E-state index contributed by atoms with van der Waals surface area (Å²) in [6.07, 6.45) is 1.26. The van der Waals surface area contributed by atoms with Crippen molar-refractivity contribution in [3.05, 3.63) is 30.1 Å². The number of anilines is 2. The third kappa shape index (κ3) is 2.83. The number of carbonyl (C=O) groups excluding carboxylic acids is 3. The summed E-state index contributed by atoms with van der Waals surface area (Å²) in [5.41, 5.74) is 0.819. The first-order chi connectivity index (χ1) is 11.5. The first kappa shape index (κ1) is 15.7. The maximum Gasteiger partial charge on any atom is 0.265 e. The maximum atomic E-state index is 12.4. The Kier molecular flexibility index (Phi) is 3.98. The molecule has 1 aliphatic heterocycles. The lowest BCUT2D eigenvalue weighted by Gasteiger charge is -2.33. The Hall–Kier alpha value is -3.23. The topological polar surface area (TPSA) is 117 Å². The summed E-state index contributed by atoms with van der Waals surface area (Å²) in [4.78, 5) is 41.4. The number of aromatic amines is 1. The number of aromatic nitrogens is 3. The van der Waals surface area contributed by atoms with Crippen molar-refractivity contribution in [2.75, 3.05) is 16.8 Å². The second-order valence-electron chi connectivity index (χ2n) is 5.29. The summed E-state index contributed by atoms with van der Waals surface area (Å²) in [7, 11) is 0. The van der Waals surface area contributed by atoms with Crippen molar-refractivity contribution in [2.45, 2.75) is 19.9 Å². The van der Waals surface area contributed by atoms with Crippen molar-refractivity contribution < 1.29 is 19.1 Å². The summed E-state index contributed by atoms with van der Waals surface area (Å²) < 4.78 is 5.37. The Balaban J connectivity index is 1.92. The van der Waals surface area contributed by atoms with Crippen LogP contribution in [0.4, 0.5) is 11.6 Å². The summed E-state index contributed by atoms with van der Waals surface area (Å²) in [6.45, 7) is 2.84. The highest BCUT2D eigenvalue weighted by Crippen LogP contribution is 2.34. The third-order valence-electron chi connectivity index (χ3n) is 3.67. The fraction of sp³-hybridized carbons (Fsp3) is 0.267. The molecule has 1 unspecified atom stereocenters. The molecule has 1 aromatic carbocycles. The van der Waals surface area contributed by atoms with E-state index in [1.54, 1.807) is 25.1 Å². The highest BCUT2D eigenvalue weighted by molar-refractivity contribution is 6.07. The van der Waals surface area contributed by atoms with E-state index >= 15 is 0 Å². The van der Waals surface area contributed by atoms with Gasteiger partial charge in [0.15, 0.2) is 12.4 Å². The zero-order valence-electron chi connectivity index (χ0n) is 13.1. The molecule has 124 valence electrons. The molecule has 1 atom stereocenters. The number of nitrogens with one attached hydrogen (secondary N) is 2. The molecule has 0 spiro atoms. The van der Waals surface area contributed by atoms with Crippen LogP contribution >= 0.6 is 0 Å². The van der Waals surface area contributed by atoms with Crippen LogP contribution in [0.5, 0.6) is 5.75 Å². The molecule has 0 saturated heterocycles. The van der Waals surface area contributed by atoms with Gasteiger partial charge in [0.2, 0.25) is 11.9 Å². The van der Waals surface area contributed by atoms with E-state index in [1.165, 1.54) is 18.2 Å². The minimum atomic E-state index is -0.826. The molecule has 3 rings (SSSR count). The highest BCUT2D eigenvalue weighted by Gasteiger charge is 2.33. The van der Waals surface area contributed by atoms with Crippen LogP contribution in [0.15, 0.2) is 24.5 Å². The van der Waals surface area contributed by atoms with E-state index in [9.17, 15) is 14.4 Å². The van der Waals surface area contributed by atoms with Gasteiger partial charge in [-0.25, -0.2) is 5.10 Å². The molecule has 2 N–H and O–H groups in total. The van der Waals surface area contributed by atoms with Crippen LogP contribution in [0.3, 0.4) is 0 Å². The predicted molar refractivity (Wildman–Crippen MR) is 83.9 cm³/mol. The minimum Gasteiger partial charge on any atom is -0.482 e. The first-order valence-corrected chi connectivity index (χ1v) is 7.23. The molecule has 0 aliphatic carbocycles. The maximum absolute atomic E-state index is 12.4. The van der Waals surface area contributed by atoms with E-state index in [0.29, 0.717) is 17.0 Å². The van der Waals surface area contributed by atoms with Crippen LogP contribution < -0.4 is 15.0 Å². The van der Waals surface area contributed by atoms with Crippen molar-refractivity contribution in [3.63, 3.8) is 0 Å². The zero-order chi connectivity index (χ0) is 17.3. The monoisotopic (exact) mass is 329 g/mol. The number of nitrogens with zero attached hydrogens (tertiary/aromatic N) is 3. The van der Waals surface area contributed by atoms with E-state index in [2.05, 4.69) is 20.5 Å². The van der Waals surface area contributed by atoms with Crippen LogP contribution in [0.2, 0.25) is 0 Å². The van der Waals surface area contributed by atoms with Gasteiger partial charge in [-0.2, -0.15) is 10.1 Å². The second kappa shape index (κ2) is 6.11. The largest absolute Gasteiger partial charge is 0.482 e. The van der Waals surface area contributed by atoms with Gasteiger partial charge in [-0.05, 0) is 32.0 Å². The van der Waals surface area contributed by atoms with Gasteiger partial charge in [0.1, 0.15) is 18.1 Å². The van der Waals surface area contributed by atoms with E-state index in [1.807, 2.05) is 0 Å². The number of hydrogen-bond acceptors (Lipinski definition) is 6. The average molecular weight is 329 g/mol. The van der Waals surface area contributed by atoms with Crippen LogP contribution in [0.1, 0.15) is 24.2 Å². The summed E-state index contributed by atoms with van der Waals surface area (Å²) in [5.74, 6) is -0.330. The molecule has 24 heavy (non-hydrogen) atoms. The molecular weight excluding hydrogens is 314 g/mol. The predicted octanol–water partition coefficient (Wildman–Crippen LogP) is 0.760. The molecule has 0 bridgehead atoms. The number of carbonyl (C=O) groups is 3. The summed E-state index contributed by atoms with van der Waals surface area (Å²) in [5, 5.41) is 8.69. The number of H-pyrrole nitrogens is 1. The van der Waals surface area contributed by atoms with Crippen LogP contribution in [-0.2, 0) is 9.59 Å². The molecule has 1 aliphatic rings. The van der Waals surface area contributed by atoms with Gasteiger partial charge in [-0.1, -0.05) is 0 Å². The van der Waals surface area contributed by atoms with Gasteiger partial charge in [0.05, 0.1) is 5.69 Å². The van der Waals surface area contributed by atoms with Crippen molar-refractivity contribution in [2.24, 2.45) is 0 Å². The lowest BCUT2D eigenvalue weighted by molar-refractivity contribution is -0.125. The van der Waals surface area contributed by atoms with E-state index < -0.39 is 11.9 Å². The lowest BCUT2D eigenvalue weighted by Crippen LogP contribution is -2.49. The zero-order valence-corrected chi connectivity index (χ0v) is 13.1. The van der Waals surface area contributed by atoms with Gasteiger partial charge in [0.25, 0.3) is 5.91 Å². The van der Waals surface area contributed by atoms with Crippen molar-refractivity contribution in [1.82, 2.24) is 15.2 Å². The van der Waals surface area contributed by atoms with Crippen molar-refractivity contribution in [1.29, 1.82) is 0 Å². The fourth-order valence-electron chi connectivity index (χ4n) is 2.42. The number of amides is 2. The summed E-state index contributed by atoms with van der Waals surface area (Å²) in [6, 6.07) is 3.96. The van der Waals surface area contributed by atoms with Gasteiger partial charge in [0, 0.05) is 5.56 Å². The minimum absolute atomic E-state index is 0.144. The average Bonchev–Trinajstić information content (AvgIpc) is 3.06. The van der Waals surface area contributed by atoms with Crippen molar-refractivity contribution >= 4 is 29.2 Å². The Morgan fingerprint density at radius 2 is 2.21 bits per heavy atom. The standard InChI is InChI=1S/C15H15N5O4/c1-8(14(23)18-15-16-7-17-19-15)20-11-5-10(9(2)21)3-4-12(11)24-6-13(20)22/h3-5,7-8H,6H2,1-2H3,(H2,16,17,18,19,23).